The molecule has 136 valence electrons. The van der Waals surface area contributed by atoms with Crippen LogP contribution in [0.25, 0.3) is 0 Å². The number of aliphatic hydroxyl groups is 1. The lowest BCUT2D eigenvalue weighted by Crippen LogP contribution is -2.44. The molecule has 1 aromatic rings. The number of hydrogen-bond acceptors (Lipinski definition) is 3. The second-order valence-corrected chi connectivity index (χ2v) is 7.13. The molecule has 0 bridgehead atoms. The van der Waals surface area contributed by atoms with E-state index in [0.29, 0.717) is 6.54 Å². The predicted octanol–water partition coefficient (Wildman–Crippen LogP) is 2.70. The Balaban J connectivity index is 1.51. The Morgan fingerprint density at radius 3 is 2.80 bits per heavy atom. The van der Waals surface area contributed by atoms with E-state index in [1.165, 1.54) is 11.1 Å². The van der Waals surface area contributed by atoms with Gasteiger partial charge in [0, 0.05) is 37.6 Å². The van der Waals surface area contributed by atoms with Gasteiger partial charge >= 0.3 is 6.03 Å². The van der Waals surface area contributed by atoms with Gasteiger partial charge < -0.3 is 20.5 Å². The van der Waals surface area contributed by atoms with Crippen LogP contribution in [0.4, 0.5) is 4.79 Å². The van der Waals surface area contributed by atoms with Crippen LogP contribution in [0, 0.1) is 18.8 Å². The van der Waals surface area contributed by atoms with Gasteiger partial charge in [-0.2, -0.15) is 0 Å². The Morgan fingerprint density at radius 2 is 2.08 bits per heavy atom. The van der Waals surface area contributed by atoms with Crippen LogP contribution in [-0.4, -0.2) is 36.9 Å². The van der Waals surface area contributed by atoms with Crippen molar-refractivity contribution in [3.8, 4) is 0 Å². The van der Waals surface area contributed by atoms with E-state index >= 15 is 0 Å². The highest BCUT2D eigenvalue weighted by Gasteiger charge is 2.28. The molecule has 1 saturated heterocycles. The molecule has 2 aliphatic rings. The first kappa shape index (κ1) is 18.0. The van der Waals surface area contributed by atoms with E-state index in [1.807, 2.05) is 12.2 Å². The zero-order chi connectivity index (χ0) is 17.6. The smallest absolute Gasteiger partial charge is 0.315 e. The summed E-state index contributed by atoms with van der Waals surface area (Å²) in [5, 5.41) is 15.1. The normalized spacial score (nSPS) is 28.7. The number of amides is 2. The summed E-state index contributed by atoms with van der Waals surface area (Å²) in [6.45, 7) is 3.59. The molecule has 1 aromatic carbocycles. The second kappa shape index (κ2) is 8.50. The van der Waals surface area contributed by atoms with Crippen molar-refractivity contribution in [2.24, 2.45) is 11.8 Å². The molecular weight excluding hydrogens is 316 g/mol. The van der Waals surface area contributed by atoms with E-state index in [1.54, 1.807) is 0 Å². The number of aryl methyl sites for hydroxylation is 1. The molecule has 1 aliphatic heterocycles. The number of aliphatic hydroxyl groups excluding tert-OH is 1. The highest BCUT2D eigenvalue weighted by molar-refractivity contribution is 5.74. The summed E-state index contributed by atoms with van der Waals surface area (Å²) in [5.74, 6) is 0.439. The molecule has 0 saturated carbocycles. The van der Waals surface area contributed by atoms with Crippen molar-refractivity contribution in [1.82, 2.24) is 10.6 Å². The number of urea groups is 1. The van der Waals surface area contributed by atoms with Crippen LogP contribution >= 0.6 is 0 Å². The van der Waals surface area contributed by atoms with Crippen molar-refractivity contribution in [2.75, 3.05) is 19.8 Å². The molecular formula is C20H28N2O3. The van der Waals surface area contributed by atoms with Crippen LogP contribution in [0.2, 0.25) is 0 Å². The highest BCUT2D eigenvalue weighted by atomic mass is 16.5. The summed E-state index contributed by atoms with van der Waals surface area (Å²) in [5.41, 5.74) is 2.42. The van der Waals surface area contributed by atoms with Crippen molar-refractivity contribution >= 4 is 6.03 Å². The third-order valence-corrected chi connectivity index (χ3v) is 5.10. The maximum atomic E-state index is 12.2. The van der Waals surface area contributed by atoms with Crippen LogP contribution in [0.15, 0.2) is 36.4 Å². The number of hydrogen-bond donors (Lipinski definition) is 3. The van der Waals surface area contributed by atoms with Crippen molar-refractivity contribution in [3.63, 3.8) is 0 Å². The van der Waals surface area contributed by atoms with E-state index in [-0.39, 0.29) is 36.6 Å². The van der Waals surface area contributed by atoms with E-state index in [2.05, 4.69) is 41.8 Å². The summed E-state index contributed by atoms with van der Waals surface area (Å²) < 4.78 is 6.00. The van der Waals surface area contributed by atoms with Gasteiger partial charge in [-0.1, -0.05) is 42.0 Å². The highest BCUT2D eigenvalue weighted by Crippen LogP contribution is 2.33. The molecule has 1 aliphatic carbocycles. The van der Waals surface area contributed by atoms with Crippen molar-refractivity contribution < 1.29 is 14.6 Å². The zero-order valence-corrected chi connectivity index (χ0v) is 14.8. The molecule has 3 N–H and O–H groups in total. The SMILES string of the molecule is Cc1ccc([C@H]2OCCC[C@H]2CNC(=O)N[C@@H]2C=C[C@H](CO)C2)cc1. The largest absolute Gasteiger partial charge is 0.396 e. The van der Waals surface area contributed by atoms with Crippen molar-refractivity contribution in [3.05, 3.63) is 47.5 Å². The molecule has 5 nitrogen and oxygen atoms in total. The Bertz CT molecular complexity index is 599. The summed E-state index contributed by atoms with van der Waals surface area (Å²) in [6.07, 6.45) is 6.81. The monoisotopic (exact) mass is 344 g/mol. The third kappa shape index (κ3) is 4.83. The predicted molar refractivity (Wildman–Crippen MR) is 97.3 cm³/mol. The van der Waals surface area contributed by atoms with Crippen molar-refractivity contribution in [1.29, 1.82) is 0 Å². The van der Waals surface area contributed by atoms with E-state index in [4.69, 9.17) is 9.84 Å². The van der Waals surface area contributed by atoms with Gasteiger partial charge in [0.25, 0.3) is 0 Å². The molecule has 4 atom stereocenters. The summed E-state index contributed by atoms with van der Waals surface area (Å²) in [6, 6.07) is 8.31. The van der Waals surface area contributed by atoms with Gasteiger partial charge in [0.2, 0.25) is 0 Å². The minimum Gasteiger partial charge on any atom is -0.396 e. The molecule has 0 spiro atoms. The molecule has 0 aromatic heterocycles. The van der Waals surface area contributed by atoms with Crippen LogP contribution < -0.4 is 10.6 Å². The second-order valence-electron chi connectivity index (χ2n) is 7.13. The first-order valence-electron chi connectivity index (χ1n) is 9.17. The summed E-state index contributed by atoms with van der Waals surface area (Å²) >= 11 is 0. The fourth-order valence-corrected chi connectivity index (χ4v) is 3.64. The van der Waals surface area contributed by atoms with Gasteiger partial charge in [-0.3, -0.25) is 0 Å². The molecule has 0 radical (unpaired) electrons. The molecule has 0 unspecified atom stereocenters. The fourth-order valence-electron chi connectivity index (χ4n) is 3.64. The van der Waals surface area contributed by atoms with E-state index < -0.39 is 0 Å². The van der Waals surface area contributed by atoms with Gasteiger partial charge in [0.15, 0.2) is 0 Å². The zero-order valence-electron chi connectivity index (χ0n) is 14.8. The van der Waals surface area contributed by atoms with Gasteiger partial charge in [-0.05, 0) is 31.7 Å². The Labute approximate surface area is 149 Å². The fraction of sp³-hybridized carbons (Fsp3) is 0.550. The Hall–Kier alpha value is -1.85. The summed E-state index contributed by atoms with van der Waals surface area (Å²) in [4.78, 5) is 12.2. The van der Waals surface area contributed by atoms with Crippen LogP contribution in [-0.2, 0) is 4.74 Å². The van der Waals surface area contributed by atoms with Gasteiger partial charge in [-0.15, -0.1) is 0 Å². The third-order valence-electron chi connectivity index (χ3n) is 5.10. The maximum Gasteiger partial charge on any atom is 0.315 e. The number of carbonyl (C=O) groups excluding carboxylic acids is 1. The average Bonchev–Trinajstić information content (AvgIpc) is 3.08. The van der Waals surface area contributed by atoms with Crippen LogP contribution in [0.5, 0.6) is 0 Å². The summed E-state index contributed by atoms with van der Waals surface area (Å²) in [7, 11) is 0. The number of rotatable bonds is 5. The Kier molecular flexibility index (Phi) is 6.10. The first-order valence-corrected chi connectivity index (χ1v) is 9.17. The van der Waals surface area contributed by atoms with Crippen molar-refractivity contribution in [2.45, 2.75) is 38.3 Å². The van der Waals surface area contributed by atoms with E-state index in [9.17, 15) is 4.79 Å². The minimum atomic E-state index is -0.151. The maximum absolute atomic E-state index is 12.2. The molecule has 2 amide bonds. The quantitative estimate of drug-likeness (QED) is 0.719. The lowest BCUT2D eigenvalue weighted by atomic mass is 9.89. The molecule has 1 fully saturated rings. The van der Waals surface area contributed by atoms with Crippen LogP contribution in [0.1, 0.15) is 36.5 Å². The molecule has 5 heteroatoms. The number of nitrogens with one attached hydrogen (secondary N) is 2. The molecule has 25 heavy (non-hydrogen) atoms. The average molecular weight is 344 g/mol. The van der Waals surface area contributed by atoms with Gasteiger partial charge in [0.1, 0.15) is 0 Å². The topological polar surface area (TPSA) is 70.6 Å². The standard InChI is InChI=1S/C20H28N2O3/c1-14-4-7-16(8-5-14)19-17(3-2-10-25-19)12-21-20(24)22-18-9-6-15(11-18)13-23/h4-9,15,17-19,23H,2-3,10-13H2,1H3,(H2,21,22,24)/t15-,17-,18+,19+/m0/s1. The lowest BCUT2D eigenvalue weighted by Gasteiger charge is -2.32. The van der Waals surface area contributed by atoms with Gasteiger partial charge in [0.05, 0.1) is 6.10 Å². The Morgan fingerprint density at radius 1 is 1.28 bits per heavy atom. The van der Waals surface area contributed by atoms with Crippen LogP contribution in [0.3, 0.4) is 0 Å². The number of ether oxygens (including phenoxy) is 1. The first-order chi connectivity index (χ1) is 12.2. The van der Waals surface area contributed by atoms with E-state index in [0.717, 1.165) is 25.9 Å². The molecule has 3 rings (SSSR count). The number of benzene rings is 1. The lowest BCUT2D eigenvalue weighted by molar-refractivity contribution is -0.0269. The number of carbonyl (C=O) groups is 1. The van der Waals surface area contributed by atoms with Gasteiger partial charge in [-0.25, -0.2) is 4.79 Å². The minimum absolute atomic E-state index is 0.00708. The molecule has 1 heterocycles.